The van der Waals surface area contributed by atoms with Crippen LogP contribution >= 0.6 is 23.2 Å². The minimum atomic E-state index is -0.807. The Labute approximate surface area is 168 Å². The molecule has 142 valence electrons. The molecule has 3 rings (SSSR count). The van der Waals surface area contributed by atoms with E-state index in [1.54, 1.807) is 54.3 Å². The number of para-hydroxylation sites is 1. The van der Waals surface area contributed by atoms with Crippen molar-refractivity contribution < 1.29 is 14.3 Å². The van der Waals surface area contributed by atoms with E-state index in [9.17, 15) is 9.59 Å². The molecule has 2 amide bonds. The van der Waals surface area contributed by atoms with Gasteiger partial charge in [0.1, 0.15) is 5.75 Å². The average molecular weight is 407 g/mol. The summed E-state index contributed by atoms with van der Waals surface area (Å²) in [6.07, 6.45) is 1.21. The molecule has 2 aromatic carbocycles. The predicted molar refractivity (Wildman–Crippen MR) is 107 cm³/mol. The van der Waals surface area contributed by atoms with Crippen LogP contribution in [0.2, 0.25) is 10.0 Å². The highest BCUT2D eigenvalue weighted by atomic mass is 35.5. The summed E-state index contributed by atoms with van der Waals surface area (Å²) in [5.74, 6) is -0.0782. The smallest absolute Gasteiger partial charge is 0.265 e. The van der Waals surface area contributed by atoms with Crippen molar-refractivity contribution in [3.8, 4) is 5.75 Å². The number of halogens is 2. The molecular formula is C20H20Cl2N2O3. The number of ether oxygens (including phenoxy) is 1. The van der Waals surface area contributed by atoms with E-state index < -0.39 is 6.10 Å². The lowest BCUT2D eigenvalue weighted by molar-refractivity contribution is -0.122. The van der Waals surface area contributed by atoms with Gasteiger partial charge in [-0.05, 0) is 50.1 Å². The van der Waals surface area contributed by atoms with Crippen molar-refractivity contribution >= 4 is 40.7 Å². The van der Waals surface area contributed by atoms with Crippen LogP contribution in [0.4, 0.5) is 5.69 Å². The Balaban J connectivity index is 1.71. The summed E-state index contributed by atoms with van der Waals surface area (Å²) in [5.41, 5.74) is 0.946. The first-order valence-electron chi connectivity index (χ1n) is 8.76. The molecule has 0 saturated carbocycles. The molecule has 2 aromatic rings. The van der Waals surface area contributed by atoms with Gasteiger partial charge in [0.15, 0.2) is 6.10 Å². The summed E-state index contributed by atoms with van der Waals surface area (Å²) < 4.78 is 5.64. The highest BCUT2D eigenvalue weighted by molar-refractivity contribution is 6.35. The van der Waals surface area contributed by atoms with Crippen molar-refractivity contribution in [2.24, 2.45) is 0 Å². The van der Waals surface area contributed by atoms with Crippen LogP contribution in [0, 0.1) is 0 Å². The monoisotopic (exact) mass is 406 g/mol. The maximum absolute atomic E-state index is 12.7. The Morgan fingerprint density at radius 1 is 1.11 bits per heavy atom. The number of carbonyl (C=O) groups is 2. The van der Waals surface area contributed by atoms with Crippen molar-refractivity contribution in [2.75, 3.05) is 18.4 Å². The maximum Gasteiger partial charge on any atom is 0.265 e. The highest BCUT2D eigenvalue weighted by Gasteiger charge is 2.23. The molecule has 1 aliphatic heterocycles. The fraction of sp³-hybridized carbons (Fsp3) is 0.300. The van der Waals surface area contributed by atoms with Gasteiger partial charge >= 0.3 is 0 Å². The standard InChI is InChI=1S/C20H20Cl2N2O3/c1-13(27-18-9-8-14(21)12-16(18)22)19(25)23-17-7-3-2-6-15(17)20(26)24-10-4-5-11-24/h2-3,6-9,12-13H,4-5,10-11H2,1H3,(H,23,25). The van der Waals surface area contributed by atoms with E-state index in [-0.39, 0.29) is 11.8 Å². The lowest BCUT2D eigenvalue weighted by atomic mass is 10.1. The number of benzene rings is 2. The molecule has 1 unspecified atom stereocenters. The normalized spacial score (nSPS) is 14.7. The molecule has 1 N–H and O–H groups in total. The summed E-state index contributed by atoms with van der Waals surface area (Å²) in [6, 6.07) is 11.8. The molecule has 0 aromatic heterocycles. The lowest BCUT2D eigenvalue weighted by Gasteiger charge is -2.19. The van der Waals surface area contributed by atoms with Crippen molar-refractivity contribution in [3.05, 3.63) is 58.1 Å². The second-order valence-corrected chi connectivity index (χ2v) is 7.21. The Hall–Kier alpha value is -2.24. The molecule has 1 atom stereocenters. The minimum absolute atomic E-state index is 0.0716. The Morgan fingerprint density at radius 2 is 1.81 bits per heavy atom. The van der Waals surface area contributed by atoms with Gasteiger partial charge in [0.2, 0.25) is 0 Å². The Morgan fingerprint density at radius 3 is 2.52 bits per heavy atom. The van der Waals surface area contributed by atoms with Crippen LogP contribution in [0.15, 0.2) is 42.5 Å². The number of hydrogen-bond donors (Lipinski definition) is 1. The predicted octanol–water partition coefficient (Wildman–Crippen LogP) is 4.64. The first-order valence-corrected chi connectivity index (χ1v) is 9.52. The number of nitrogens with one attached hydrogen (secondary N) is 1. The third-order valence-electron chi connectivity index (χ3n) is 4.38. The first kappa shape index (κ1) is 19.5. The number of likely N-dealkylation sites (tertiary alicyclic amines) is 1. The Kier molecular flexibility index (Phi) is 6.24. The van der Waals surface area contributed by atoms with Crippen LogP contribution in [0.5, 0.6) is 5.75 Å². The van der Waals surface area contributed by atoms with Crippen LogP contribution in [0.25, 0.3) is 0 Å². The van der Waals surface area contributed by atoms with Gasteiger partial charge in [0.05, 0.1) is 16.3 Å². The van der Waals surface area contributed by atoms with Crippen molar-refractivity contribution in [3.63, 3.8) is 0 Å². The van der Waals surface area contributed by atoms with Gasteiger partial charge in [-0.3, -0.25) is 9.59 Å². The van der Waals surface area contributed by atoms with Gasteiger partial charge in [-0.1, -0.05) is 35.3 Å². The fourth-order valence-corrected chi connectivity index (χ4v) is 3.37. The Bertz CT molecular complexity index is 851. The van der Waals surface area contributed by atoms with Gasteiger partial charge in [0, 0.05) is 18.1 Å². The van der Waals surface area contributed by atoms with E-state index in [1.807, 2.05) is 0 Å². The topological polar surface area (TPSA) is 58.6 Å². The van der Waals surface area contributed by atoms with E-state index in [2.05, 4.69) is 5.32 Å². The summed E-state index contributed by atoms with van der Waals surface area (Å²) in [7, 11) is 0. The number of amides is 2. The van der Waals surface area contributed by atoms with Gasteiger partial charge in [-0.25, -0.2) is 0 Å². The molecule has 1 fully saturated rings. The van der Waals surface area contributed by atoms with Gasteiger partial charge in [-0.2, -0.15) is 0 Å². The minimum Gasteiger partial charge on any atom is -0.479 e. The van der Waals surface area contributed by atoms with Gasteiger partial charge < -0.3 is 15.0 Å². The van der Waals surface area contributed by atoms with E-state index >= 15 is 0 Å². The SMILES string of the molecule is CC(Oc1ccc(Cl)cc1Cl)C(=O)Nc1ccccc1C(=O)N1CCCC1. The lowest BCUT2D eigenvalue weighted by Crippen LogP contribution is -2.32. The number of rotatable bonds is 5. The number of nitrogens with zero attached hydrogens (tertiary/aromatic N) is 1. The molecule has 5 nitrogen and oxygen atoms in total. The zero-order chi connectivity index (χ0) is 19.4. The molecule has 0 bridgehead atoms. The molecular weight excluding hydrogens is 387 g/mol. The summed E-state index contributed by atoms with van der Waals surface area (Å²) in [4.78, 5) is 27.1. The summed E-state index contributed by atoms with van der Waals surface area (Å²) >= 11 is 12.0. The van der Waals surface area contributed by atoms with Crippen LogP contribution in [0.3, 0.4) is 0 Å². The van der Waals surface area contributed by atoms with Crippen molar-refractivity contribution in [2.45, 2.75) is 25.9 Å². The van der Waals surface area contributed by atoms with Gasteiger partial charge in [0.25, 0.3) is 11.8 Å². The van der Waals surface area contributed by atoms with Crippen molar-refractivity contribution in [1.29, 1.82) is 0 Å². The molecule has 0 spiro atoms. The van der Waals surface area contributed by atoms with E-state index in [0.717, 1.165) is 25.9 Å². The van der Waals surface area contributed by atoms with E-state index in [0.29, 0.717) is 27.0 Å². The molecule has 1 saturated heterocycles. The van der Waals surface area contributed by atoms with Crippen LogP contribution in [0.1, 0.15) is 30.1 Å². The molecule has 0 aliphatic carbocycles. The molecule has 7 heteroatoms. The number of carbonyl (C=O) groups excluding carboxylic acids is 2. The largest absolute Gasteiger partial charge is 0.479 e. The second-order valence-electron chi connectivity index (χ2n) is 6.37. The van der Waals surface area contributed by atoms with Crippen LogP contribution < -0.4 is 10.1 Å². The molecule has 27 heavy (non-hydrogen) atoms. The van der Waals surface area contributed by atoms with Crippen LogP contribution in [-0.2, 0) is 4.79 Å². The molecule has 1 heterocycles. The highest BCUT2D eigenvalue weighted by Crippen LogP contribution is 2.28. The summed E-state index contributed by atoms with van der Waals surface area (Å²) in [5, 5.41) is 3.60. The first-order chi connectivity index (χ1) is 13.0. The van der Waals surface area contributed by atoms with Gasteiger partial charge in [-0.15, -0.1) is 0 Å². The third kappa shape index (κ3) is 4.73. The average Bonchev–Trinajstić information content (AvgIpc) is 3.18. The van der Waals surface area contributed by atoms with E-state index in [4.69, 9.17) is 27.9 Å². The third-order valence-corrected chi connectivity index (χ3v) is 4.91. The zero-order valence-corrected chi connectivity index (χ0v) is 16.4. The molecule has 0 radical (unpaired) electrons. The maximum atomic E-state index is 12.7. The second kappa shape index (κ2) is 8.63. The quantitative estimate of drug-likeness (QED) is 0.786. The van der Waals surface area contributed by atoms with Crippen molar-refractivity contribution in [1.82, 2.24) is 4.90 Å². The molecule has 1 aliphatic rings. The summed E-state index contributed by atoms with van der Waals surface area (Å²) in [6.45, 7) is 3.11. The fourth-order valence-electron chi connectivity index (χ4n) is 2.92. The number of anilines is 1. The van der Waals surface area contributed by atoms with Crippen LogP contribution in [-0.4, -0.2) is 35.9 Å². The zero-order valence-electron chi connectivity index (χ0n) is 14.9. The number of hydrogen-bond acceptors (Lipinski definition) is 3. The van der Waals surface area contributed by atoms with E-state index in [1.165, 1.54) is 0 Å².